The summed E-state index contributed by atoms with van der Waals surface area (Å²) in [5.41, 5.74) is 0. The van der Waals surface area contributed by atoms with Gasteiger partial charge in [0.15, 0.2) is 6.10 Å². The molecule has 0 heterocycles. The number of ether oxygens (including phenoxy) is 2. The third-order valence-electron chi connectivity index (χ3n) is 13.2. The van der Waals surface area contributed by atoms with Crippen molar-refractivity contribution in [2.24, 2.45) is 0 Å². The zero-order valence-electron chi connectivity index (χ0n) is 41.7. The van der Waals surface area contributed by atoms with Crippen molar-refractivity contribution in [1.82, 2.24) is 0 Å². The Labute approximate surface area is 382 Å². The van der Waals surface area contributed by atoms with E-state index in [-0.39, 0.29) is 25.2 Å². The van der Waals surface area contributed by atoms with E-state index in [1.165, 1.54) is 270 Å². The fourth-order valence-electron chi connectivity index (χ4n) is 8.91. The van der Waals surface area contributed by atoms with E-state index in [4.69, 9.17) is 9.47 Å². The summed E-state index contributed by atoms with van der Waals surface area (Å²) >= 11 is 0. The minimum Gasteiger partial charge on any atom is -0.462 e. The van der Waals surface area contributed by atoms with Crippen LogP contribution < -0.4 is 0 Å². The van der Waals surface area contributed by atoms with Gasteiger partial charge in [-0.2, -0.15) is 0 Å². The van der Waals surface area contributed by atoms with Crippen LogP contribution >= 0.6 is 0 Å². The number of carbonyl (C=O) groups excluding carboxylic acids is 2. The molecule has 0 aromatic carbocycles. The minimum absolute atomic E-state index is 0.0565. The van der Waals surface area contributed by atoms with Crippen LogP contribution in [0.25, 0.3) is 0 Å². The molecule has 0 saturated carbocycles. The lowest BCUT2D eigenvalue weighted by atomic mass is 10.0. The van der Waals surface area contributed by atoms with E-state index in [9.17, 15) is 14.7 Å². The highest BCUT2D eigenvalue weighted by Crippen LogP contribution is 2.18. The molecular formula is C56H110O5. The van der Waals surface area contributed by atoms with Crippen molar-refractivity contribution in [3.05, 3.63) is 0 Å². The first-order valence-electron chi connectivity index (χ1n) is 28.1. The second-order valence-electron chi connectivity index (χ2n) is 19.4. The maximum atomic E-state index is 12.3. The number of unbranched alkanes of at least 4 members (excludes halogenated alkanes) is 45. The molecular weight excluding hydrogens is 753 g/mol. The number of hydrogen-bond donors (Lipinski definition) is 1. The Morgan fingerprint density at radius 1 is 0.311 bits per heavy atom. The fourth-order valence-corrected chi connectivity index (χ4v) is 8.91. The van der Waals surface area contributed by atoms with Crippen LogP contribution in [0, 0.1) is 0 Å². The van der Waals surface area contributed by atoms with Gasteiger partial charge in [0.2, 0.25) is 0 Å². The van der Waals surface area contributed by atoms with Crippen molar-refractivity contribution >= 4 is 11.9 Å². The van der Waals surface area contributed by atoms with Gasteiger partial charge >= 0.3 is 11.9 Å². The van der Waals surface area contributed by atoms with Gasteiger partial charge in [-0.05, 0) is 12.8 Å². The number of aliphatic hydroxyl groups excluding tert-OH is 1. The Kier molecular flexibility index (Phi) is 52.3. The molecule has 1 N–H and O–H groups in total. The van der Waals surface area contributed by atoms with Gasteiger partial charge in [-0.25, -0.2) is 0 Å². The predicted molar refractivity (Wildman–Crippen MR) is 266 cm³/mol. The Morgan fingerprint density at radius 3 is 0.721 bits per heavy atom. The molecule has 0 rings (SSSR count). The molecule has 0 bridgehead atoms. The van der Waals surface area contributed by atoms with Crippen LogP contribution in [0.4, 0.5) is 0 Å². The fraction of sp³-hybridized carbons (Fsp3) is 0.964. The second kappa shape index (κ2) is 53.2. The molecule has 0 aromatic rings. The van der Waals surface area contributed by atoms with Crippen molar-refractivity contribution in [2.75, 3.05) is 13.2 Å². The number of hydrogen-bond acceptors (Lipinski definition) is 5. The normalized spacial score (nSPS) is 12.0. The topological polar surface area (TPSA) is 72.8 Å². The largest absolute Gasteiger partial charge is 0.462 e. The lowest BCUT2D eigenvalue weighted by Gasteiger charge is -2.15. The highest BCUT2D eigenvalue weighted by molar-refractivity contribution is 5.70. The SMILES string of the molecule is CCCCCCCCCCCCCCCCCCCCCCCCCCCCCCCCCCCCCC(=O)OC(CO)COC(=O)CCCCCCCCCCCCCC. The summed E-state index contributed by atoms with van der Waals surface area (Å²) in [5, 5.41) is 9.61. The van der Waals surface area contributed by atoms with E-state index in [0.29, 0.717) is 12.8 Å². The monoisotopic (exact) mass is 863 g/mol. The smallest absolute Gasteiger partial charge is 0.306 e. The van der Waals surface area contributed by atoms with Gasteiger partial charge < -0.3 is 14.6 Å². The maximum Gasteiger partial charge on any atom is 0.306 e. The molecule has 0 aliphatic carbocycles. The second-order valence-corrected chi connectivity index (χ2v) is 19.4. The Morgan fingerprint density at radius 2 is 0.508 bits per heavy atom. The number of carbonyl (C=O) groups is 2. The quantitative estimate of drug-likeness (QED) is 0.0487. The highest BCUT2D eigenvalue weighted by atomic mass is 16.6. The average Bonchev–Trinajstić information content (AvgIpc) is 3.26. The van der Waals surface area contributed by atoms with E-state index >= 15 is 0 Å². The molecule has 0 aromatic heterocycles. The van der Waals surface area contributed by atoms with E-state index in [0.717, 1.165) is 32.1 Å². The number of esters is 2. The molecule has 0 fully saturated rings. The molecule has 0 amide bonds. The van der Waals surface area contributed by atoms with Crippen LogP contribution in [-0.4, -0.2) is 36.4 Å². The zero-order valence-corrected chi connectivity index (χ0v) is 41.7. The van der Waals surface area contributed by atoms with Gasteiger partial charge in [0.25, 0.3) is 0 Å². The van der Waals surface area contributed by atoms with Crippen molar-refractivity contribution in [2.45, 2.75) is 335 Å². The van der Waals surface area contributed by atoms with Crippen LogP contribution in [0.1, 0.15) is 328 Å². The molecule has 1 unspecified atom stereocenters. The van der Waals surface area contributed by atoms with Gasteiger partial charge in [0.05, 0.1) is 6.61 Å². The molecule has 0 aliphatic heterocycles. The standard InChI is InChI=1S/C56H110O5/c1-3-5-7-9-11-13-15-17-18-19-20-21-22-23-24-25-26-27-28-29-30-31-32-33-34-35-36-37-38-39-41-43-45-47-49-51-56(59)61-54(52-57)53-60-55(58)50-48-46-44-42-40-16-14-12-10-8-6-4-2/h54,57H,3-53H2,1-2H3. The Balaban J connectivity index is 3.33. The summed E-state index contributed by atoms with van der Waals surface area (Å²) < 4.78 is 10.7. The van der Waals surface area contributed by atoms with Crippen LogP contribution in [0.2, 0.25) is 0 Å². The molecule has 5 nitrogen and oxygen atoms in total. The molecule has 0 spiro atoms. The van der Waals surface area contributed by atoms with Gasteiger partial charge in [-0.15, -0.1) is 0 Å². The van der Waals surface area contributed by atoms with Crippen molar-refractivity contribution < 1.29 is 24.2 Å². The first-order valence-corrected chi connectivity index (χ1v) is 28.1. The lowest BCUT2D eigenvalue weighted by Crippen LogP contribution is -2.28. The molecule has 61 heavy (non-hydrogen) atoms. The molecule has 0 radical (unpaired) electrons. The van der Waals surface area contributed by atoms with Gasteiger partial charge in [-0.1, -0.05) is 303 Å². The van der Waals surface area contributed by atoms with E-state index in [1.807, 2.05) is 0 Å². The molecule has 1 atom stereocenters. The zero-order chi connectivity index (χ0) is 44.2. The summed E-state index contributed by atoms with van der Waals surface area (Å²) in [6.45, 7) is 4.18. The van der Waals surface area contributed by atoms with Crippen LogP contribution in [-0.2, 0) is 19.1 Å². The first-order chi connectivity index (χ1) is 30.1. The summed E-state index contributed by atoms with van der Waals surface area (Å²) in [5.74, 6) is -0.569. The number of rotatable bonds is 53. The third-order valence-corrected chi connectivity index (χ3v) is 13.2. The molecule has 0 aliphatic rings. The minimum atomic E-state index is -0.763. The molecule has 0 saturated heterocycles. The maximum absolute atomic E-state index is 12.3. The predicted octanol–water partition coefficient (Wildman–Crippen LogP) is 18.6. The van der Waals surface area contributed by atoms with Crippen molar-refractivity contribution in [3.8, 4) is 0 Å². The van der Waals surface area contributed by atoms with Crippen LogP contribution in [0.15, 0.2) is 0 Å². The van der Waals surface area contributed by atoms with E-state index in [2.05, 4.69) is 13.8 Å². The summed E-state index contributed by atoms with van der Waals surface area (Å²) in [6, 6.07) is 0. The third kappa shape index (κ3) is 51.4. The average molecular weight is 863 g/mol. The first kappa shape index (κ1) is 59.9. The van der Waals surface area contributed by atoms with Crippen LogP contribution in [0.5, 0.6) is 0 Å². The van der Waals surface area contributed by atoms with E-state index < -0.39 is 6.10 Å². The van der Waals surface area contributed by atoms with E-state index in [1.54, 1.807) is 0 Å². The Bertz CT molecular complexity index is 845. The van der Waals surface area contributed by atoms with Gasteiger partial charge in [0.1, 0.15) is 6.61 Å². The lowest BCUT2D eigenvalue weighted by molar-refractivity contribution is -0.161. The molecule has 364 valence electrons. The summed E-state index contributed by atoms with van der Waals surface area (Å²) in [7, 11) is 0. The molecule has 5 heteroatoms. The highest BCUT2D eigenvalue weighted by Gasteiger charge is 2.16. The summed E-state index contributed by atoms with van der Waals surface area (Å²) in [6.07, 6.45) is 63.9. The van der Waals surface area contributed by atoms with Crippen LogP contribution in [0.3, 0.4) is 0 Å². The van der Waals surface area contributed by atoms with Crippen molar-refractivity contribution in [3.63, 3.8) is 0 Å². The number of aliphatic hydroxyl groups is 1. The van der Waals surface area contributed by atoms with Crippen molar-refractivity contribution in [1.29, 1.82) is 0 Å². The van der Waals surface area contributed by atoms with Gasteiger partial charge in [0, 0.05) is 12.8 Å². The summed E-state index contributed by atoms with van der Waals surface area (Å²) in [4.78, 5) is 24.4. The Hall–Kier alpha value is -1.10. The van der Waals surface area contributed by atoms with Gasteiger partial charge in [-0.3, -0.25) is 9.59 Å².